The first-order valence-corrected chi connectivity index (χ1v) is 6.33. The second-order valence-electron chi connectivity index (χ2n) is 3.88. The van der Waals surface area contributed by atoms with Gasteiger partial charge in [-0.2, -0.15) is 10.2 Å². The Hall–Kier alpha value is -1.78. The molecule has 2 heterocycles. The van der Waals surface area contributed by atoms with Crippen LogP contribution in [0.15, 0.2) is 9.90 Å². The number of thiazole rings is 1. The summed E-state index contributed by atoms with van der Waals surface area (Å²) in [6.45, 7) is 1.93. The zero-order chi connectivity index (χ0) is 13.0. The molecule has 0 amide bonds. The Kier molecular flexibility index (Phi) is 4.02. The third kappa shape index (κ3) is 3.35. The Labute approximate surface area is 108 Å². The van der Waals surface area contributed by atoms with Gasteiger partial charge < -0.3 is 9.63 Å². The highest BCUT2D eigenvalue weighted by molar-refractivity contribution is 7.09. The largest absolute Gasteiger partial charge is 0.392 e. The molecule has 2 aromatic heterocycles. The smallest absolute Gasteiger partial charge is 0.229 e. The van der Waals surface area contributed by atoms with Crippen LogP contribution in [0.2, 0.25) is 0 Å². The lowest BCUT2D eigenvalue weighted by atomic mass is 10.2. The number of nitrogens with zero attached hydrogens (tertiary/aromatic N) is 4. The van der Waals surface area contributed by atoms with Crippen LogP contribution in [0.3, 0.4) is 0 Å². The van der Waals surface area contributed by atoms with Gasteiger partial charge in [-0.05, 0) is 6.92 Å². The third-order valence-corrected chi connectivity index (χ3v) is 3.19. The molecule has 0 saturated carbocycles. The predicted octanol–water partition coefficient (Wildman–Crippen LogP) is 1.24. The molecule has 18 heavy (non-hydrogen) atoms. The molecule has 1 N–H and O–H groups in total. The SMILES string of the molecule is Cc1csc(Cc2noc(CC(O)CC#N)n2)n1. The molecule has 6 nitrogen and oxygen atoms in total. The van der Waals surface area contributed by atoms with E-state index in [1.165, 1.54) is 0 Å². The van der Waals surface area contributed by atoms with E-state index in [1.807, 2.05) is 18.4 Å². The van der Waals surface area contributed by atoms with Crippen molar-refractivity contribution < 1.29 is 9.63 Å². The van der Waals surface area contributed by atoms with E-state index in [0.29, 0.717) is 18.1 Å². The number of nitriles is 1. The van der Waals surface area contributed by atoms with Gasteiger partial charge in [0.25, 0.3) is 0 Å². The van der Waals surface area contributed by atoms with Crippen LogP contribution >= 0.6 is 11.3 Å². The Bertz CT molecular complexity index is 557. The van der Waals surface area contributed by atoms with E-state index < -0.39 is 6.10 Å². The average Bonchev–Trinajstić information content (AvgIpc) is 2.89. The molecule has 0 saturated heterocycles. The fraction of sp³-hybridized carbons (Fsp3) is 0.455. The molecule has 1 unspecified atom stereocenters. The van der Waals surface area contributed by atoms with Gasteiger partial charge in [-0.3, -0.25) is 0 Å². The minimum absolute atomic E-state index is 0.0589. The maximum absolute atomic E-state index is 9.44. The number of aliphatic hydroxyl groups excluding tert-OH is 1. The highest BCUT2D eigenvalue weighted by Crippen LogP contribution is 2.13. The number of aromatic nitrogens is 3. The topological polar surface area (TPSA) is 95.8 Å². The lowest BCUT2D eigenvalue weighted by Gasteiger charge is -1.99. The normalized spacial score (nSPS) is 12.3. The van der Waals surface area contributed by atoms with Gasteiger partial charge in [-0.15, -0.1) is 11.3 Å². The third-order valence-electron chi connectivity index (χ3n) is 2.22. The van der Waals surface area contributed by atoms with Crippen LogP contribution in [-0.4, -0.2) is 26.3 Å². The molecule has 0 aliphatic heterocycles. The molecule has 0 radical (unpaired) electrons. The van der Waals surface area contributed by atoms with Crippen LogP contribution in [0.25, 0.3) is 0 Å². The summed E-state index contributed by atoms with van der Waals surface area (Å²) < 4.78 is 5.01. The number of aryl methyl sites for hydroxylation is 1. The summed E-state index contributed by atoms with van der Waals surface area (Å²) in [7, 11) is 0. The van der Waals surface area contributed by atoms with E-state index in [9.17, 15) is 5.11 Å². The number of hydrogen-bond donors (Lipinski definition) is 1. The Morgan fingerprint density at radius 2 is 2.39 bits per heavy atom. The van der Waals surface area contributed by atoms with Crippen molar-refractivity contribution in [2.24, 2.45) is 0 Å². The van der Waals surface area contributed by atoms with Gasteiger partial charge in [-0.1, -0.05) is 5.16 Å². The monoisotopic (exact) mass is 264 g/mol. The van der Waals surface area contributed by atoms with E-state index in [4.69, 9.17) is 9.78 Å². The molecular weight excluding hydrogens is 252 g/mol. The van der Waals surface area contributed by atoms with Crippen LogP contribution in [0.4, 0.5) is 0 Å². The van der Waals surface area contributed by atoms with Gasteiger partial charge in [0.15, 0.2) is 5.82 Å². The van der Waals surface area contributed by atoms with Crippen molar-refractivity contribution in [2.75, 3.05) is 0 Å². The minimum atomic E-state index is -0.759. The van der Waals surface area contributed by atoms with Gasteiger partial charge in [0.05, 0.1) is 31.4 Å². The second kappa shape index (κ2) is 5.71. The highest BCUT2D eigenvalue weighted by atomic mass is 32.1. The van der Waals surface area contributed by atoms with Crippen molar-refractivity contribution in [2.45, 2.75) is 32.3 Å². The molecule has 7 heteroatoms. The minimum Gasteiger partial charge on any atom is -0.392 e. The van der Waals surface area contributed by atoms with Gasteiger partial charge in [0.2, 0.25) is 5.89 Å². The maximum atomic E-state index is 9.44. The summed E-state index contributed by atoms with van der Waals surface area (Å²) in [5.74, 6) is 0.893. The maximum Gasteiger partial charge on any atom is 0.229 e. The Balaban J connectivity index is 1.96. The lowest BCUT2D eigenvalue weighted by Crippen LogP contribution is -2.09. The number of rotatable bonds is 5. The van der Waals surface area contributed by atoms with Crippen LogP contribution in [0, 0.1) is 18.3 Å². The van der Waals surface area contributed by atoms with E-state index in [-0.39, 0.29) is 12.8 Å². The summed E-state index contributed by atoms with van der Waals surface area (Å²) in [6.07, 6.45) is 0.0300. The fourth-order valence-corrected chi connectivity index (χ4v) is 2.21. The van der Waals surface area contributed by atoms with Crippen LogP contribution in [0.1, 0.15) is 28.8 Å². The van der Waals surface area contributed by atoms with E-state index >= 15 is 0 Å². The molecule has 1 atom stereocenters. The van der Waals surface area contributed by atoms with Gasteiger partial charge >= 0.3 is 0 Å². The van der Waals surface area contributed by atoms with Crippen molar-refractivity contribution in [1.29, 1.82) is 5.26 Å². The summed E-state index contributed by atoms with van der Waals surface area (Å²) in [5, 5.41) is 24.6. The Morgan fingerprint density at radius 1 is 1.56 bits per heavy atom. The lowest BCUT2D eigenvalue weighted by molar-refractivity contribution is 0.167. The first-order valence-electron chi connectivity index (χ1n) is 5.45. The summed E-state index contributed by atoms with van der Waals surface area (Å²) >= 11 is 1.55. The quantitative estimate of drug-likeness (QED) is 0.872. The van der Waals surface area contributed by atoms with Crippen molar-refractivity contribution in [3.8, 4) is 6.07 Å². The Morgan fingerprint density at radius 3 is 3.06 bits per heavy atom. The van der Waals surface area contributed by atoms with Crippen LogP contribution in [0.5, 0.6) is 0 Å². The number of hydrogen-bond acceptors (Lipinski definition) is 7. The van der Waals surface area contributed by atoms with Crippen molar-refractivity contribution in [3.63, 3.8) is 0 Å². The molecule has 0 fully saturated rings. The first-order chi connectivity index (χ1) is 8.67. The molecule has 0 bridgehead atoms. The van der Waals surface area contributed by atoms with Gasteiger partial charge in [0, 0.05) is 11.1 Å². The van der Waals surface area contributed by atoms with Crippen LogP contribution in [-0.2, 0) is 12.8 Å². The second-order valence-corrected chi connectivity index (χ2v) is 4.83. The molecule has 0 aromatic carbocycles. The fourth-order valence-electron chi connectivity index (χ4n) is 1.44. The summed E-state index contributed by atoms with van der Waals surface area (Å²) in [5.41, 5.74) is 0.975. The van der Waals surface area contributed by atoms with E-state index in [0.717, 1.165) is 10.7 Å². The summed E-state index contributed by atoms with van der Waals surface area (Å²) in [6, 6.07) is 1.89. The first kappa shape index (κ1) is 12.7. The molecule has 0 aliphatic rings. The van der Waals surface area contributed by atoms with Gasteiger partial charge in [-0.25, -0.2) is 4.98 Å². The molecule has 94 valence electrons. The summed E-state index contributed by atoms with van der Waals surface area (Å²) in [4.78, 5) is 8.47. The standard InChI is InChI=1S/C11H12N4O2S/c1-7-6-18-11(13-7)5-9-14-10(17-15-9)4-8(16)2-3-12/h6,8,16H,2,4-5H2,1H3. The van der Waals surface area contributed by atoms with Crippen molar-refractivity contribution in [1.82, 2.24) is 15.1 Å². The predicted molar refractivity (Wildman–Crippen MR) is 63.9 cm³/mol. The van der Waals surface area contributed by atoms with Gasteiger partial charge in [0.1, 0.15) is 5.01 Å². The van der Waals surface area contributed by atoms with E-state index in [2.05, 4.69) is 15.1 Å². The molecule has 0 aliphatic carbocycles. The molecule has 0 spiro atoms. The zero-order valence-electron chi connectivity index (χ0n) is 9.83. The molecular formula is C11H12N4O2S. The van der Waals surface area contributed by atoms with Crippen molar-refractivity contribution >= 4 is 11.3 Å². The molecule has 2 aromatic rings. The molecule has 2 rings (SSSR count). The van der Waals surface area contributed by atoms with E-state index in [1.54, 1.807) is 11.3 Å². The number of aliphatic hydroxyl groups is 1. The highest BCUT2D eigenvalue weighted by Gasteiger charge is 2.13. The van der Waals surface area contributed by atoms with Crippen molar-refractivity contribution in [3.05, 3.63) is 27.8 Å². The average molecular weight is 264 g/mol. The van der Waals surface area contributed by atoms with Crippen LogP contribution < -0.4 is 0 Å². The zero-order valence-corrected chi connectivity index (χ0v) is 10.6.